The molecule has 6 heterocycles. The molecule has 588 valence electrons. The van der Waals surface area contributed by atoms with Gasteiger partial charge in [-0.15, -0.1) is 11.3 Å². The number of benzene rings is 20. The number of aromatic nitrogens is 4. The molecule has 0 aliphatic rings. The first-order chi connectivity index (χ1) is 62.5. The summed E-state index contributed by atoms with van der Waals surface area (Å²) in [6.45, 7) is 0. The van der Waals surface area contributed by atoms with Crippen molar-refractivity contribution < 1.29 is 4.42 Å². The third-order valence-electron chi connectivity index (χ3n) is 25.8. The second-order valence-corrected chi connectivity index (χ2v) is 34.0. The van der Waals surface area contributed by atoms with Gasteiger partial charge in [0.05, 0.1) is 44.1 Å². The minimum Gasteiger partial charge on any atom is -0.455 e. The average molecular weight is 1620 g/mol. The van der Waals surface area contributed by atoms with Crippen molar-refractivity contribution in [1.29, 1.82) is 0 Å². The maximum Gasteiger partial charge on any atom is 0.143 e. The highest BCUT2D eigenvalue weighted by Gasteiger charge is 2.22. The molecule has 0 spiro atoms. The summed E-state index contributed by atoms with van der Waals surface area (Å²) in [4.78, 5) is 0. The van der Waals surface area contributed by atoms with Crippen LogP contribution in [0.1, 0.15) is 0 Å². The quantitative estimate of drug-likeness (QED) is 0.120. The molecule has 0 atom stereocenters. The van der Waals surface area contributed by atoms with Gasteiger partial charge in [0, 0.05) is 102 Å². The van der Waals surface area contributed by atoms with Gasteiger partial charge in [-0.1, -0.05) is 315 Å². The molecule has 0 radical (unpaired) electrons. The van der Waals surface area contributed by atoms with Crippen LogP contribution in [0.2, 0.25) is 0 Å². The predicted molar refractivity (Wildman–Crippen MR) is 534 cm³/mol. The number of furan rings is 1. The van der Waals surface area contributed by atoms with Crippen LogP contribution in [0.15, 0.2) is 465 Å². The summed E-state index contributed by atoms with van der Waals surface area (Å²) in [5.41, 5.74) is 35.0. The third kappa shape index (κ3) is 12.1. The van der Waals surface area contributed by atoms with Crippen LogP contribution in [-0.4, -0.2) is 18.3 Å². The van der Waals surface area contributed by atoms with E-state index < -0.39 is 0 Å². The standard InChI is InChI=1S/C60H38N2O.C60H38N2S/c2*1-5-28-55-49(22-1)50-23-2-6-29-56(50)62(55)47-32-33-58-54(38-47)51-24-3-7-30-57(51)61(58)46-21-12-19-44(37-46)42-17-10-15-40(35-42)39-14-9-16-41(34-39)43-18-11-20-45(36-43)48-26-13-27-53-52-25-4-8-31-59(52)63-60(48)53/h2*1-38H. The Morgan fingerprint density at radius 2 is 0.421 bits per heavy atom. The van der Waals surface area contributed by atoms with Gasteiger partial charge < -0.3 is 22.7 Å². The van der Waals surface area contributed by atoms with Crippen LogP contribution in [0, 0.1) is 0 Å². The van der Waals surface area contributed by atoms with Gasteiger partial charge in [0.15, 0.2) is 0 Å². The Bertz CT molecular complexity index is 8280. The molecule has 26 rings (SSSR count). The Morgan fingerprint density at radius 3 is 0.817 bits per heavy atom. The fourth-order valence-corrected chi connectivity index (χ4v) is 21.2. The van der Waals surface area contributed by atoms with E-state index in [4.69, 9.17) is 4.42 Å². The first-order valence-corrected chi connectivity index (χ1v) is 44.0. The van der Waals surface area contributed by atoms with Crippen LogP contribution in [-0.2, 0) is 0 Å². The SMILES string of the molecule is c1cc(-c2cccc(-c3cccc(-n4c5ccccc5c5cc(-n6c7ccccc7c7ccccc76)ccc54)c3)c2)cc(-c2cccc(-c3cccc4c3oc3ccccc34)c2)c1.c1cc(-c2cccc(-c3cccc(-n4c5ccccc5c5cc(-n6c7ccccc7c7ccccc76)ccc54)c3)c2)cc(-c2cccc(-c3cccc4c3sc3ccccc34)c2)c1. The van der Waals surface area contributed by atoms with Crippen molar-refractivity contribution in [3.63, 3.8) is 0 Å². The topological polar surface area (TPSA) is 32.9 Å². The van der Waals surface area contributed by atoms with Crippen molar-refractivity contribution in [3.8, 4) is 112 Å². The average Bonchev–Trinajstić information content (AvgIpc) is 1.57. The molecule has 0 unspecified atom stereocenters. The number of rotatable bonds is 12. The highest BCUT2D eigenvalue weighted by Crippen LogP contribution is 2.46. The number of thiophene rings is 1. The van der Waals surface area contributed by atoms with Crippen molar-refractivity contribution in [3.05, 3.63) is 461 Å². The van der Waals surface area contributed by atoms with Gasteiger partial charge in [-0.05, 0) is 229 Å². The van der Waals surface area contributed by atoms with Gasteiger partial charge in [-0.3, -0.25) is 0 Å². The zero-order chi connectivity index (χ0) is 82.9. The third-order valence-corrected chi connectivity index (χ3v) is 27.0. The Labute approximate surface area is 730 Å². The van der Waals surface area contributed by atoms with Crippen LogP contribution in [0.3, 0.4) is 0 Å². The summed E-state index contributed by atoms with van der Waals surface area (Å²) >= 11 is 1.88. The van der Waals surface area contributed by atoms with E-state index in [-0.39, 0.29) is 0 Å². The van der Waals surface area contributed by atoms with Gasteiger partial charge in [0.25, 0.3) is 0 Å². The molecule has 6 heteroatoms. The molecule has 0 amide bonds. The first kappa shape index (κ1) is 72.4. The van der Waals surface area contributed by atoms with Crippen LogP contribution in [0.5, 0.6) is 0 Å². The van der Waals surface area contributed by atoms with Crippen molar-refractivity contribution in [2.75, 3.05) is 0 Å². The Hall–Kier alpha value is -16.4. The van der Waals surface area contributed by atoms with Crippen molar-refractivity contribution in [2.45, 2.75) is 0 Å². The second kappa shape index (κ2) is 29.8. The Balaban J connectivity index is 0.000000137. The molecule has 0 bridgehead atoms. The van der Waals surface area contributed by atoms with E-state index in [9.17, 15) is 0 Å². The molecule has 26 aromatic rings. The number of hydrogen-bond donors (Lipinski definition) is 0. The lowest BCUT2D eigenvalue weighted by Crippen LogP contribution is -1.96. The number of nitrogens with zero attached hydrogens (tertiary/aromatic N) is 4. The smallest absolute Gasteiger partial charge is 0.143 e. The number of para-hydroxylation sites is 8. The molecule has 0 N–H and O–H groups in total. The summed E-state index contributed by atoms with van der Waals surface area (Å²) in [6.07, 6.45) is 0. The van der Waals surface area contributed by atoms with Gasteiger partial charge in [-0.2, -0.15) is 0 Å². The molecular formula is C120H76N4OS. The van der Waals surface area contributed by atoms with Crippen molar-refractivity contribution in [2.24, 2.45) is 0 Å². The highest BCUT2D eigenvalue weighted by molar-refractivity contribution is 7.26. The molecule has 0 aliphatic carbocycles. The van der Waals surface area contributed by atoms with E-state index in [1.54, 1.807) is 0 Å². The summed E-state index contributed by atoms with van der Waals surface area (Å²) in [5.74, 6) is 0. The maximum absolute atomic E-state index is 6.41. The fourth-order valence-electron chi connectivity index (χ4n) is 20.0. The van der Waals surface area contributed by atoms with E-state index in [0.717, 1.165) is 55.8 Å². The first-order valence-electron chi connectivity index (χ1n) is 43.2. The molecule has 20 aromatic carbocycles. The summed E-state index contributed by atoms with van der Waals surface area (Å²) in [5, 5.41) is 15.0. The molecule has 0 aliphatic heterocycles. The van der Waals surface area contributed by atoms with Crippen molar-refractivity contribution >= 4 is 141 Å². The lowest BCUT2D eigenvalue weighted by atomic mass is 9.94. The van der Waals surface area contributed by atoms with E-state index in [0.29, 0.717) is 0 Å². The zero-order valence-electron chi connectivity index (χ0n) is 68.5. The summed E-state index contributed by atoms with van der Waals surface area (Å²) in [7, 11) is 0. The summed E-state index contributed by atoms with van der Waals surface area (Å²) < 4.78 is 18.7. The predicted octanol–water partition coefficient (Wildman–Crippen LogP) is 33.4. The molecule has 5 nitrogen and oxygen atoms in total. The zero-order valence-corrected chi connectivity index (χ0v) is 69.3. The summed E-state index contributed by atoms with van der Waals surface area (Å²) in [6, 6.07) is 168. The van der Waals surface area contributed by atoms with Crippen molar-refractivity contribution in [1.82, 2.24) is 18.3 Å². The molecule has 0 saturated carbocycles. The molecule has 0 fully saturated rings. The number of fused-ring (bicyclic) bond motifs is 18. The monoisotopic (exact) mass is 1620 g/mol. The minimum absolute atomic E-state index is 0.912. The lowest BCUT2D eigenvalue weighted by molar-refractivity contribution is 0.670. The van der Waals surface area contributed by atoms with Crippen LogP contribution < -0.4 is 0 Å². The van der Waals surface area contributed by atoms with E-state index in [2.05, 4.69) is 467 Å². The Kier molecular flexibility index (Phi) is 17.1. The molecular weight excluding hydrogens is 1550 g/mol. The van der Waals surface area contributed by atoms with Crippen LogP contribution >= 0.6 is 11.3 Å². The molecule has 6 aromatic heterocycles. The lowest BCUT2D eigenvalue weighted by Gasteiger charge is -2.13. The fraction of sp³-hybridized carbons (Fsp3) is 0. The highest BCUT2D eigenvalue weighted by atomic mass is 32.1. The second-order valence-electron chi connectivity index (χ2n) is 33.0. The van der Waals surface area contributed by atoms with Crippen LogP contribution in [0.4, 0.5) is 0 Å². The molecule has 126 heavy (non-hydrogen) atoms. The van der Waals surface area contributed by atoms with Gasteiger partial charge in [0.1, 0.15) is 11.2 Å². The largest absolute Gasteiger partial charge is 0.455 e. The number of hydrogen-bond acceptors (Lipinski definition) is 2. The Morgan fingerprint density at radius 1 is 0.159 bits per heavy atom. The van der Waals surface area contributed by atoms with Crippen LogP contribution in [0.25, 0.3) is 241 Å². The van der Waals surface area contributed by atoms with Gasteiger partial charge >= 0.3 is 0 Å². The van der Waals surface area contributed by atoms with E-state index >= 15 is 0 Å². The van der Waals surface area contributed by atoms with E-state index in [1.165, 1.54) is 185 Å². The normalized spacial score (nSPS) is 11.8. The molecule has 0 saturated heterocycles. The maximum atomic E-state index is 6.41. The van der Waals surface area contributed by atoms with Gasteiger partial charge in [0.2, 0.25) is 0 Å². The minimum atomic E-state index is 0.912. The van der Waals surface area contributed by atoms with E-state index in [1.807, 2.05) is 23.5 Å². The van der Waals surface area contributed by atoms with Gasteiger partial charge in [-0.25, -0.2) is 0 Å².